The first kappa shape index (κ1) is 12.2. The minimum Gasteiger partial charge on any atom is -0.420 e. The lowest BCUT2D eigenvalue weighted by Gasteiger charge is -1.96. The summed E-state index contributed by atoms with van der Waals surface area (Å²) in [6.07, 6.45) is 0. The van der Waals surface area contributed by atoms with Gasteiger partial charge in [-0.3, -0.25) is 0 Å². The van der Waals surface area contributed by atoms with Gasteiger partial charge in [0.25, 0.3) is 16.3 Å². The third kappa shape index (κ3) is 1520. The van der Waals surface area contributed by atoms with Crippen molar-refractivity contribution < 1.29 is 9.26 Å². The van der Waals surface area contributed by atoms with Gasteiger partial charge in [0.15, 0.2) is 0 Å². The maximum Gasteiger partial charge on any atom is 0.281 e. The quantitative estimate of drug-likeness (QED) is 0.459. The van der Waals surface area contributed by atoms with Crippen LogP contribution in [-0.4, -0.2) is 21.1 Å². The highest BCUT2D eigenvalue weighted by molar-refractivity contribution is 7.14. The molecule has 0 saturated carbocycles. The van der Waals surface area contributed by atoms with Gasteiger partial charge in [0, 0.05) is 0 Å². The van der Waals surface area contributed by atoms with Crippen molar-refractivity contribution in [2.45, 2.75) is 26.2 Å². The summed E-state index contributed by atoms with van der Waals surface area (Å²) in [7, 11) is -3.27. The van der Waals surface area contributed by atoms with E-state index < -0.39 is 16.3 Å². The van der Waals surface area contributed by atoms with Gasteiger partial charge < -0.3 is 9.26 Å². The van der Waals surface area contributed by atoms with Gasteiger partial charge in [-0.2, -0.15) is 0 Å². The molecule has 2 nitrogen and oxygen atoms in total. The Morgan fingerprint density at radius 3 is 1.44 bits per heavy atom. The van der Waals surface area contributed by atoms with Crippen molar-refractivity contribution >= 4 is 27.4 Å². The molecule has 0 radical (unpaired) electrons. The van der Waals surface area contributed by atoms with E-state index in [2.05, 4.69) is 0 Å². The monoisotopic (exact) mass is 184 g/mol. The zero-order valence-electron chi connectivity index (χ0n) is 6.23. The molecule has 0 fully saturated rings. The summed E-state index contributed by atoms with van der Waals surface area (Å²) in [5.41, 5.74) is 0. The van der Waals surface area contributed by atoms with Crippen LogP contribution in [0.3, 0.4) is 0 Å². The zero-order valence-corrected chi connectivity index (χ0v) is 8.99. The third-order valence-electron chi connectivity index (χ3n) is 0. The van der Waals surface area contributed by atoms with Gasteiger partial charge in [-0.1, -0.05) is 0 Å². The van der Waals surface area contributed by atoms with E-state index in [-0.39, 0.29) is 0 Å². The van der Waals surface area contributed by atoms with Crippen LogP contribution in [0.4, 0.5) is 0 Å². The Morgan fingerprint density at radius 1 is 1.44 bits per heavy atom. The van der Waals surface area contributed by atoms with Gasteiger partial charge in [0.2, 0.25) is 0 Å². The van der Waals surface area contributed by atoms with Gasteiger partial charge in [-0.05, 0) is 26.2 Å². The average Bonchev–Trinajstić information content (AvgIpc) is 1.19. The van der Waals surface area contributed by atoms with Gasteiger partial charge in [-0.25, -0.2) is 0 Å². The fourth-order valence-corrected chi connectivity index (χ4v) is 0. The van der Waals surface area contributed by atoms with Crippen LogP contribution in [0, 0.1) is 0 Å². The highest BCUT2D eigenvalue weighted by atomic mass is 35.6. The Labute approximate surface area is 63.4 Å². The molecule has 56 valence electrons. The second kappa shape index (κ2) is 5.28. The van der Waals surface area contributed by atoms with E-state index in [4.69, 9.17) is 15.9 Å². The van der Waals surface area contributed by atoms with E-state index in [0.29, 0.717) is 0 Å². The van der Waals surface area contributed by atoms with Gasteiger partial charge in [0.1, 0.15) is 0 Å². The summed E-state index contributed by atoms with van der Waals surface area (Å²) in [5.74, 6) is 0. The Morgan fingerprint density at radius 2 is 1.44 bits per heavy atom. The molecule has 0 aromatic carbocycles. The van der Waals surface area contributed by atoms with E-state index in [1.165, 1.54) is 0 Å². The summed E-state index contributed by atoms with van der Waals surface area (Å²) in [5, 5.41) is 0. The van der Waals surface area contributed by atoms with E-state index >= 15 is 0 Å². The second-order valence-corrected chi connectivity index (χ2v) is 9.73. The Bertz CT molecular complexity index is 79.1. The van der Waals surface area contributed by atoms with Crippen molar-refractivity contribution in [1.82, 2.24) is 0 Å². The molecule has 1 N–H and O–H groups in total. The minimum atomic E-state index is -2.14. The first-order valence-electron chi connectivity index (χ1n) is 2.62. The van der Waals surface area contributed by atoms with E-state index in [9.17, 15) is 4.46 Å². The molecule has 0 atom stereocenters. The van der Waals surface area contributed by atoms with Crippen molar-refractivity contribution in [1.29, 1.82) is 0 Å². The Balaban J connectivity index is 0. The minimum absolute atomic E-state index is 1.13. The van der Waals surface area contributed by atoms with Crippen LogP contribution in [0.25, 0.3) is 0 Å². The summed E-state index contributed by atoms with van der Waals surface area (Å²) in [6, 6.07) is 0. The van der Waals surface area contributed by atoms with Crippen LogP contribution >= 0.6 is 11.1 Å². The van der Waals surface area contributed by atoms with Crippen molar-refractivity contribution in [3.63, 3.8) is 0 Å². The highest BCUT2D eigenvalue weighted by Gasteiger charge is 2.08. The van der Waals surface area contributed by atoms with Crippen molar-refractivity contribution in [2.75, 3.05) is 0 Å². The molecule has 0 heterocycles. The van der Waals surface area contributed by atoms with E-state index in [0.717, 1.165) is 0 Å². The predicted molar refractivity (Wildman–Crippen MR) is 43.7 cm³/mol. The first-order valence-corrected chi connectivity index (χ1v) is 8.98. The van der Waals surface area contributed by atoms with Crippen LogP contribution in [0.1, 0.15) is 0 Å². The van der Waals surface area contributed by atoms with E-state index in [1.807, 2.05) is 0 Å². The van der Waals surface area contributed by atoms with Gasteiger partial charge >= 0.3 is 0 Å². The lowest BCUT2D eigenvalue weighted by atomic mass is 11.9. The number of hydrogen-bond acceptors (Lipinski definition) is 2. The zero-order chi connectivity index (χ0) is 8.08. The second-order valence-electron chi connectivity index (χ2n) is 2.32. The average molecular weight is 185 g/mol. The molecule has 5 heteroatoms. The topological polar surface area (TPSA) is 37.3 Å². The lowest BCUT2D eigenvalue weighted by Crippen LogP contribution is -2.13. The molecule has 0 aromatic rings. The molecule has 0 aliphatic heterocycles. The molecule has 0 amide bonds. The maximum atomic E-state index is 9.63. The molecule has 0 aliphatic rings. The molecule has 0 aromatic heterocycles. The molecule has 0 saturated heterocycles. The lowest BCUT2D eigenvalue weighted by molar-refractivity contribution is 0.569. The molecular formula is C4H13ClO2Si2. The molecule has 0 aliphatic carbocycles. The normalized spacial score (nSPS) is 9.56. The van der Waals surface area contributed by atoms with Crippen molar-refractivity contribution in [3.8, 4) is 0 Å². The van der Waals surface area contributed by atoms with Gasteiger partial charge in [-0.15, -0.1) is 11.1 Å². The van der Waals surface area contributed by atoms with Crippen LogP contribution in [0.15, 0.2) is 0 Å². The fourth-order valence-electron chi connectivity index (χ4n) is 0. The molecule has 0 rings (SSSR count). The smallest absolute Gasteiger partial charge is 0.281 e. The van der Waals surface area contributed by atoms with Crippen LogP contribution in [0.2, 0.25) is 26.2 Å². The summed E-state index contributed by atoms with van der Waals surface area (Å²) >= 11 is 5.22. The molecule has 9 heavy (non-hydrogen) atoms. The van der Waals surface area contributed by atoms with Crippen LogP contribution in [-0.2, 0) is 4.46 Å². The summed E-state index contributed by atoms with van der Waals surface area (Å²) < 4.78 is 9.63. The SMILES string of the molecule is C[Si](C)(O)Cl.C[Si](C)=O. The number of rotatable bonds is 0. The molecular weight excluding hydrogens is 172 g/mol. The molecule has 0 spiro atoms. The standard InChI is InChI=1S/C2H7ClOSi.C2H6OSi/c1-5(2,3)4;1-4(2)3/h4H,1-2H3;1-2H3. The van der Waals surface area contributed by atoms with Crippen LogP contribution in [0.5, 0.6) is 0 Å². The van der Waals surface area contributed by atoms with Crippen LogP contribution < -0.4 is 0 Å². The highest BCUT2D eigenvalue weighted by Crippen LogP contribution is 1.98. The summed E-state index contributed by atoms with van der Waals surface area (Å²) in [6.45, 7) is 6.72. The Hall–Kier alpha value is 0.484. The number of halogens is 1. The molecule has 0 unspecified atom stereocenters. The largest absolute Gasteiger partial charge is 0.420 e. The summed E-state index contributed by atoms with van der Waals surface area (Å²) in [4.78, 5) is 8.43. The molecule has 0 bridgehead atoms. The fraction of sp³-hybridized carbons (Fsp3) is 1.00. The van der Waals surface area contributed by atoms with Crippen molar-refractivity contribution in [3.05, 3.63) is 0 Å². The first-order chi connectivity index (χ1) is 3.73. The maximum absolute atomic E-state index is 9.63. The third-order valence-corrected chi connectivity index (χ3v) is 0. The van der Waals surface area contributed by atoms with E-state index in [1.54, 1.807) is 26.2 Å². The number of hydrogen-bond donors (Lipinski definition) is 1. The van der Waals surface area contributed by atoms with Crippen molar-refractivity contribution in [2.24, 2.45) is 0 Å². The Kier molecular flexibility index (Phi) is 7.15. The van der Waals surface area contributed by atoms with Gasteiger partial charge in [0.05, 0.1) is 0 Å². The predicted octanol–water partition coefficient (Wildman–Crippen LogP) is 1.59.